The summed E-state index contributed by atoms with van der Waals surface area (Å²) in [5.74, 6) is 1.51. The van der Waals surface area contributed by atoms with Gasteiger partial charge in [-0.05, 0) is 43.4 Å². The molecule has 5 heteroatoms. The number of carbonyl (C=O) groups is 1. The van der Waals surface area contributed by atoms with Gasteiger partial charge in [0.1, 0.15) is 0 Å². The molecular formula is C16H28BNO3. The van der Waals surface area contributed by atoms with Crippen molar-refractivity contribution >= 4 is 13.0 Å². The van der Waals surface area contributed by atoms with Crippen molar-refractivity contribution in [3.8, 4) is 0 Å². The lowest BCUT2D eigenvalue weighted by atomic mass is 9.71. The van der Waals surface area contributed by atoms with Crippen LogP contribution < -0.4 is 5.32 Å². The fourth-order valence-electron chi connectivity index (χ4n) is 4.89. The number of hydrogen-bond acceptors (Lipinski definition) is 3. The molecule has 3 N–H and O–H groups in total. The van der Waals surface area contributed by atoms with Crippen molar-refractivity contribution in [3.05, 3.63) is 0 Å². The predicted octanol–water partition coefficient (Wildman–Crippen LogP) is 1.89. The molecule has 21 heavy (non-hydrogen) atoms. The Balaban J connectivity index is 1.53. The zero-order chi connectivity index (χ0) is 14.8. The third-order valence-electron chi connectivity index (χ3n) is 6.07. The van der Waals surface area contributed by atoms with E-state index in [9.17, 15) is 14.8 Å². The average molecular weight is 293 g/mol. The van der Waals surface area contributed by atoms with Gasteiger partial charge in [0.2, 0.25) is 5.91 Å². The maximum atomic E-state index is 12.5. The smallest absolute Gasteiger partial charge is 0.426 e. The summed E-state index contributed by atoms with van der Waals surface area (Å²) in [6.07, 6.45) is 11.5. The molecule has 3 saturated carbocycles. The van der Waals surface area contributed by atoms with Crippen LogP contribution in [0.25, 0.3) is 0 Å². The van der Waals surface area contributed by atoms with Gasteiger partial charge >= 0.3 is 7.12 Å². The molecule has 0 unspecified atom stereocenters. The van der Waals surface area contributed by atoms with Crippen molar-refractivity contribution in [2.24, 2.45) is 23.7 Å². The van der Waals surface area contributed by atoms with Crippen LogP contribution in [0.2, 0.25) is 0 Å². The van der Waals surface area contributed by atoms with Gasteiger partial charge in [-0.15, -0.1) is 0 Å². The first-order valence-electron chi connectivity index (χ1n) is 8.80. The van der Waals surface area contributed by atoms with Gasteiger partial charge in [-0.25, -0.2) is 0 Å². The number of fused-ring (bicyclic) bond motifs is 2. The Hall–Kier alpha value is -0.545. The maximum absolute atomic E-state index is 12.5. The van der Waals surface area contributed by atoms with Crippen molar-refractivity contribution in [1.29, 1.82) is 0 Å². The first kappa shape index (κ1) is 15.4. The average Bonchev–Trinajstić information content (AvgIpc) is 3.10. The molecule has 4 nitrogen and oxygen atoms in total. The minimum Gasteiger partial charge on any atom is -0.426 e. The van der Waals surface area contributed by atoms with Crippen LogP contribution in [-0.2, 0) is 4.79 Å². The van der Waals surface area contributed by atoms with Gasteiger partial charge in [-0.2, -0.15) is 0 Å². The second kappa shape index (κ2) is 6.70. The molecule has 118 valence electrons. The SMILES string of the molecule is O=C(N[C@@H](CC1CCCCC1)B(O)O)[C@@H]1C[C@H]2CC[C@@H]1C2. The zero-order valence-electron chi connectivity index (χ0n) is 12.8. The molecular weight excluding hydrogens is 265 g/mol. The Morgan fingerprint density at radius 2 is 1.86 bits per heavy atom. The fourth-order valence-corrected chi connectivity index (χ4v) is 4.89. The Morgan fingerprint density at radius 3 is 2.43 bits per heavy atom. The highest BCUT2D eigenvalue weighted by Gasteiger charge is 2.44. The minimum absolute atomic E-state index is 0.0658. The second-order valence-corrected chi connectivity index (χ2v) is 7.55. The first-order chi connectivity index (χ1) is 10.1. The number of rotatable bonds is 5. The summed E-state index contributed by atoms with van der Waals surface area (Å²) >= 11 is 0. The highest BCUT2D eigenvalue weighted by molar-refractivity contribution is 6.43. The summed E-state index contributed by atoms with van der Waals surface area (Å²) in [6, 6.07) is 0. The van der Waals surface area contributed by atoms with Crippen LogP contribution in [-0.4, -0.2) is 29.0 Å². The van der Waals surface area contributed by atoms with Gasteiger partial charge < -0.3 is 15.4 Å². The quantitative estimate of drug-likeness (QED) is 0.678. The molecule has 0 aromatic rings. The lowest BCUT2D eigenvalue weighted by molar-refractivity contribution is -0.127. The number of nitrogens with one attached hydrogen (secondary N) is 1. The summed E-state index contributed by atoms with van der Waals surface area (Å²) < 4.78 is 0. The van der Waals surface area contributed by atoms with Gasteiger partial charge in [0.15, 0.2) is 0 Å². The monoisotopic (exact) mass is 293 g/mol. The van der Waals surface area contributed by atoms with E-state index in [1.54, 1.807) is 0 Å². The summed E-state index contributed by atoms with van der Waals surface area (Å²) in [5.41, 5.74) is 0. The fraction of sp³-hybridized carbons (Fsp3) is 0.938. The maximum Gasteiger partial charge on any atom is 0.475 e. The molecule has 0 aromatic heterocycles. The van der Waals surface area contributed by atoms with Gasteiger partial charge in [-0.1, -0.05) is 38.5 Å². The molecule has 0 aromatic carbocycles. The summed E-state index contributed by atoms with van der Waals surface area (Å²) in [5, 5.41) is 22.2. The molecule has 1 amide bonds. The predicted molar refractivity (Wildman–Crippen MR) is 82.3 cm³/mol. The van der Waals surface area contributed by atoms with E-state index in [0.717, 1.165) is 25.2 Å². The van der Waals surface area contributed by atoms with Crippen molar-refractivity contribution in [2.45, 2.75) is 70.1 Å². The third kappa shape index (κ3) is 3.62. The Kier molecular flexibility index (Phi) is 4.90. The second-order valence-electron chi connectivity index (χ2n) is 7.55. The summed E-state index contributed by atoms with van der Waals surface area (Å²) in [7, 11) is -1.44. The van der Waals surface area contributed by atoms with E-state index in [1.165, 1.54) is 38.5 Å². The van der Waals surface area contributed by atoms with Crippen molar-refractivity contribution in [2.75, 3.05) is 0 Å². The number of amides is 1. The molecule has 0 radical (unpaired) electrons. The van der Waals surface area contributed by atoms with Crippen LogP contribution in [0.1, 0.15) is 64.2 Å². The topological polar surface area (TPSA) is 69.6 Å². The van der Waals surface area contributed by atoms with E-state index in [-0.39, 0.29) is 11.8 Å². The molecule has 4 atom stereocenters. The van der Waals surface area contributed by atoms with Crippen LogP contribution in [0.4, 0.5) is 0 Å². The van der Waals surface area contributed by atoms with E-state index in [2.05, 4.69) is 5.32 Å². The van der Waals surface area contributed by atoms with E-state index in [4.69, 9.17) is 0 Å². The van der Waals surface area contributed by atoms with Crippen molar-refractivity contribution < 1.29 is 14.8 Å². The summed E-state index contributed by atoms with van der Waals surface area (Å²) in [6.45, 7) is 0. The normalized spacial score (nSPS) is 33.9. The van der Waals surface area contributed by atoms with Crippen LogP contribution >= 0.6 is 0 Å². The molecule has 0 heterocycles. The van der Waals surface area contributed by atoms with E-state index < -0.39 is 13.1 Å². The number of hydrogen-bond donors (Lipinski definition) is 3. The Labute approximate surface area is 127 Å². The summed E-state index contributed by atoms with van der Waals surface area (Å²) in [4.78, 5) is 12.5. The van der Waals surface area contributed by atoms with Gasteiger partial charge in [0, 0.05) is 5.92 Å². The lowest BCUT2D eigenvalue weighted by Gasteiger charge is -2.29. The number of carbonyl (C=O) groups excluding carboxylic acids is 1. The van der Waals surface area contributed by atoms with Gasteiger partial charge in [0.25, 0.3) is 0 Å². The highest BCUT2D eigenvalue weighted by Crippen LogP contribution is 2.48. The van der Waals surface area contributed by atoms with Crippen LogP contribution in [0, 0.1) is 23.7 Å². The van der Waals surface area contributed by atoms with Crippen LogP contribution in [0.5, 0.6) is 0 Å². The largest absolute Gasteiger partial charge is 0.475 e. The molecule has 0 spiro atoms. The molecule has 3 rings (SSSR count). The van der Waals surface area contributed by atoms with Gasteiger partial charge in [-0.3, -0.25) is 4.79 Å². The molecule has 3 fully saturated rings. The van der Waals surface area contributed by atoms with E-state index in [0.29, 0.717) is 18.3 Å². The Morgan fingerprint density at radius 1 is 1.10 bits per heavy atom. The first-order valence-corrected chi connectivity index (χ1v) is 8.80. The van der Waals surface area contributed by atoms with Crippen molar-refractivity contribution in [3.63, 3.8) is 0 Å². The van der Waals surface area contributed by atoms with E-state index in [1.807, 2.05) is 0 Å². The van der Waals surface area contributed by atoms with E-state index >= 15 is 0 Å². The molecule has 2 bridgehead atoms. The molecule has 0 saturated heterocycles. The van der Waals surface area contributed by atoms with Crippen molar-refractivity contribution in [1.82, 2.24) is 5.32 Å². The van der Waals surface area contributed by atoms with Crippen LogP contribution in [0.3, 0.4) is 0 Å². The molecule has 3 aliphatic rings. The van der Waals surface area contributed by atoms with Crippen LogP contribution in [0.15, 0.2) is 0 Å². The molecule has 3 aliphatic carbocycles. The minimum atomic E-state index is -1.44. The highest BCUT2D eigenvalue weighted by atomic mass is 16.4. The third-order valence-corrected chi connectivity index (χ3v) is 6.07. The van der Waals surface area contributed by atoms with Gasteiger partial charge in [0.05, 0.1) is 5.94 Å². The lowest BCUT2D eigenvalue weighted by Crippen LogP contribution is -2.50. The zero-order valence-corrected chi connectivity index (χ0v) is 12.8. The standard InChI is InChI=1S/C16H28BNO3/c19-16(14-9-12-6-7-13(14)8-12)18-15(17(20)21)10-11-4-2-1-3-5-11/h11-15,20-21H,1-10H2,(H,18,19)/t12-,13+,14+,15-/m0/s1. The Bertz CT molecular complexity index is 371. The molecule has 0 aliphatic heterocycles.